The van der Waals surface area contributed by atoms with Crippen LogP contribution in [0.3, 0.4) is 0 Å². The zero-order valence-corrected chi connectivity index (χ0v) is 9.62. The van der Waals surface area contributed by atoms with Crippen molar-refractivity contribution >= 4 is 17.2 Å². The zero-order valence-electron chi connectivity index (χ0n) is 8.80. The third kappa shape index (κ3) is 2.12. The zero-order chi connectivity index (χ0) is 11.5. The van der Waals surface area contributed by atoms with E-state index in [-0.39, 0.29) is 4.87 Å². The average Bonchev–Trinajstić information content (AvgIpc) is 2.62. The Balaban J connectivity index is 2.24. The van der Waals surface area contributed by atoms with Crippen molar-refractivity contribution in [3.8, 4) is 0 Å². The Morgan fingerprint density at radius 1 is 1.56 bits per heavy atom. The molecular formula is C10H12N4OS. The number of hydrazine groups is 1. The molecule has 0 atom stereocenters. The predicted molar refractivity (Wildman–Crippen MR) is 64.5 cm³/mol. The summed E-state index contributed by atoms with van der Waals surface area (Å²) in [4.78, 5) is 15.6. The maximum atomic E-state index is 11.5. The highest BCUT2D eigenvalue weighted by Crippen LogP contribution is 2.07. The Kier molecular flexibility index (Phi) is 3.02. The molecule has 0 aromatic carbocycles. The van der Waals surface area contributed by atoms with Gasteiger partial charge in [-0.25, -0.2) is 10.8 Å². The standard InChI is InChI=1S/C10H12N4OS/c1-7-6-16-10(15)14(7)5-8-2-3-9(13-11)12-4-8/h2-4,6H,5,11H2,1H3,(H,12,13). The second-order valence-corrected chi connectivity index (χ2v) is 4.25. The SMILES string of the molecule is Cc1csc(=O)n1Cc1ccc(NN)nc1. The molecule has 0 aliphatic heterocycles. The van der Waals surface area contributed by atoms with Gasteiger partial charge in [0.2, 0.25) is 0 Å². The van der Waals surface area contributed by atoms with Crippen molar-refractivity contribution in [1.29, 1.82) is 0 Å². The minimum atomic E-state index is 0.0542. The van der Waals surface area contributed by atoms with Crippen molar-refractivity contribution in [2.75, 3.05) is 5.43 Å². The van der Waals surface area contributed by atoms with E-state index in [0.29, 0.717) is 12.4 Å². The molecule has 2 heterocycles. The topological polar surface area (TPSA) is 72.9 Å². The molecule has 16 heavy (non-hydrogen) atoms. The highest BCUT2D eigenvalue weighted by molar-refractivity contribution is 7.07. The van der Waals surface area contributed by atoms with Crippen molar-refractivity contribution in [2.45, 2.75) is 13.5 Å². The third-order valence-electron chi connectivity index (χ3n) is 2.29. The summed E-state index contributed by atoms with van der Waals surface area (Å²) in [5, 5.41) is 1.85. The molecule has 0 saturated heterocycles. The van der Waals surface area contributed by atoms with Crippen LogP contribution < -0.4 is 16.1 Å². The molecule has 2 aromatic rings. The van der Waals surface area contributed by atoms with E-state index in [2.05, 4.69) is 10.4 Å². The molecule has 0 unspecified atom stereocenters. The summed E-state index contributed by atoms with van der Waals surface area (Å²) in [6.45, 7) is 2.47. The second-order valence-electron chi connectivity index (χ2n) is 3.43. The van der Waals surface area contributed by atoms with Gasteiger partial charge in [0.15, 0.2) is 0 Å². The van der Waals surface area contributed by atoms with Crippen LogP contribution in [0.1, 0.15) is 11.3 Å². The van der Waals surface area contributed by atoms with Crippen LogP contribution in [0.2, 0.25) is 0 Å². The minimum absolute atomic E-state index is 0.0542. The number of nitrogen functional groups attached to an aromatic ring is 1. The molecule has 0 saturated carbocycles. The van der Waals surface area contributed by atoms with Gasteiger partial charge in [-0.1, -0.05) is 17.4 Å². The van der Waals surface area contributed by atoms with E-state index in [1.165, 1.54) is 11.3 Å². The monoisotopic (exact) mass is 236 g/mol. The summed E-state index contributed by atoms with van der Waals surface area (Å²) in [7, 11) is 0. The van der Waals surface area contributed by atoms with Crippen LogP contribution >= 0.6 is 11.3 Å². The fourth-order valence-corrected chi connectivity index (χ4v) is 2.12. The Bertz CT molecular complexity index is 528. The van der Waals surface area contributed by atoms with Gasteiger partial charge in [-0.3, -0.25) is 9.36 Å². The van der Waals surface area contributed by atoms with Crippen LogP contribution in [0.15, 0.2) is 28.5 Å². The molecule has 84 valence electrons. The summed E-state index contributed by atoms with van der Waals surface area (Å²) in [5.41, 5.74) is 4.40. The number of aromatic nitrogens is 2. The van der Waals surface area contributed by atoms with Crippen LogP contribution in [0, 0.1) is 6.92 Å². The van der Waals surface area contributed by atoms with Gasteiger partial charge in [-0.2, -0.15) is 0 Å². The smallest absolute Gasteiger partial charge is 0.307 e. The van der Waals surface area contributed by atoms with Crippen LogP contribution in [0.5, 0.6) is 0 Å². The number of hydrogen-bond acceptors (Lipinski definition) is 5. The molecule has 3 N–H and O–H groups in total. The largest absolute Gasteiger partial charge is 0.308 e. The third-order valence-corrected chi connectivity index (χ3v) is 3.17. The highest BCUT2D eigenvalue weighted by Gasteiger charge is 2.03. The van der Waals surface area contributed by atoms with E-state index in [1.54, 1.807) is 16.8 Å². The number of thiazole rings is 1. The van der Waals surface area contributed by atoms with Gasteiger partial charge in [0.25, 0.3) is 0 Å². The molecule has 0 spiro atoms. The Labute approximate surface area is 96.5 Å². The Morgan fingerprint density at radius 2 is 2.38 bits per heavy atom. The molecule has 0 radical (unpaired) electrons. The van der Waals surface area contributed by atoms with Gasteiger partial charge >= 0.3 is 4.87 Å². The van der Waals surface area contributed by atoms with Crippen molar-refractivity contribution in [3.05, 3.63) is 44.6 Å². The first kappa shape index (κ1) is 10.8. The number of rotatable bonds is 3. The number of nitrogens with two attached hydrogens (primary N) is 1. The summed E-state index contributed by atoms with van der Waals surface area (Å²) in [6, 6.07) is 3.67. The van der Waals surface area contributed by atoms with Crippen molar-refractivity contribution in [1.82, 2.24) is 9.55 Å². The van der Waals surface area contributed by atoms with Gasteiger partial charge in [0.05, 0.1) is 6.54 Å². The van der Waals surface area contributed by atoms with Crippen LogP contribution in [-0.4, -0.2) is 9.55 Å². The summed E-state index contributed by atoms with van der Waals surface area (Å²) in [6.07, 6.45) is 1.71. The van der Waals surface area contributed by atoms with Crippen LogP contribution in [0.25, 0.3) is 0 Å². The van der Waals surface area contributed by atoms with E-state index in [0.717, 1.165) is 11.3 Å². The predicted octanol–water partition coefficient (Wildman–Crippen LogP) is 0.947. The quantitative estimate of drug-likeness (QED) is 0.614. The summed E-state index contributed by atoms with van der Waals surface area (Å²) >= 11 is 1.21. The van der Waals surface area contributed by atoms with Gasteiger partial charge in [0.1, 0.15) is 5.82 Å². The van der Waals surface area contributed by atoms with Gasteiger partial charge in [0, 0.05) is 17.3 Å². The van der Waals surface area contributed by atoms with Gasteiger partial charge < -0.3 is 5.43 Å². The Hall–Kier alpha value is -1.66. The molecular weight excluding hydrogens is 224 g/mol. The summed E-state index contributed by atoms with van der Waals surface area (Å²) in [5.74, 6) is 5.83. The van der Waals surface area contributed by atoms with Crippen LogP contribution in [-0.2, 0) is 6.54 Å². The second kappa shape index (κ2) is 4.46. The number of aryl methyl sites for hydroxylation is 1. The Morgan fingerprint density at radius 3 is 2.88 bits per heavy atom. The van der Waals surface area contributed by atoms with Crippen molar-refractivity contribution < 1.29 is 0 Å². The van der Waals surface area contributed by atoms with E-state index in [1.807, 2.05) is 18.4 Å². The molecule has 2 aromatic heterocycles. The number of hydrogen-bond donors (Lipinski definition) is 2. The van der Waals surface area contributed by atoms with Crippen LogP contribution in [0.4, 0.5) is 5.82 Å². The first-order valence-electron chi connectivity index (χ1n) is 4.77. The maximum Gasteiger partial charge on any atom is 0.307 e. The lowest BCUT2D eigenvalue weighted by molar-refractivity contribution is 0.752. The first-order chi connectivity index (χ1) is 7.70. The highest BCUT2D eigenvalue weighted by atomic mass is 32.1. The van der Waals surface area contributed by atoms with Crippen molar-refractivity contribution in [3.63, 3.8) is 0 Å². The maximum absolute atomic E-state index is 11.5. The van der Waals surface area contributed by atoms with Crippen molar-refractivity contribution in [2.24, 2.45) is 5.84 Å². The molecule has 6 heteroatoms. The fourth-order valence-electron chi connectivity index (χ4n) is 1.38. The van der Waals surface area contributed by atoms with E-state index < -0.39 is 0 Å². The fraction of sp³-hybridized carbons (Fsp3) is 0.200. The molecule has 0 fully saturated rings. The average molecular weight is 236 g/mol. The van der Waals surface area contributed by atoms with Gasteiger partial charge in [-0.15, -0.1) is 0 Å². The normalized spacial score (nSPS) is 10.4. The van der Waals surface area contributed by atoms with E-state index in [4.69, 9.17) is 5.84 Å². The lowest BCUT2D eigenvalue weighted by atomic mass is 10.3. The lowest BCUT2D eigenvalue weighted by Gasteiger charge is -2.05. The summed E-state index contributed by atoms with van der Waals surface area (Å²) < 4.78 is 1.72. The van der Waals surface area contributed by atoms with E-state index >= 15 is 0 Å². The minimum Gasteiger partial charge on any atom is -0.308 e. The first-order valence-corrected chi connectivity index (χ1v) is 5.65. The lowest BCUT2D eigenvalue weighted by Crippen LogP contribution is -2.15. The molecule has 0 aliphatic rings. The molecule has 2 rings (SSSR count). The number of pyridine rings is 1. The molecule has 0 aliphatic carbocycles. The number of nitrogens with zero attached hydrogens (tertiary/aromatic N) is 2. The van der Waals surface area contributed by atoms with E-state index in [9.17, 15) is 4.79 Å². The molecule has 5 nitrogen and oxygen atoms in total. The molecule has 0 amide bonds. The number of anilines is 1. The van der Waals surface area contributed by atoms with Gasteiger partial charge in [-0.05, 0) is 18.6 Å². The number of nitrogens with one attached hydrogen (secondary N) is 1. The molecule has 0 bridgehead atoms.